The van der Waals surface area contributed by atoms with E-state index in [1.54, 1.807) is 4.90 Å². The van der Waals surface area contributed by atoms with Crippen molar-refractivity contribution in [2.24, 2.45) is 0 Å². The summed E-state index contributed by atoms with van der Waals surface area (Å²) in [7, 11) is 0. The number of carbonyl (C=O) groups excluding carboxylic acids is 2. The van der Waals surface area contributed by atoms with Crippen LogP contribution in [0.5, 0.6) is 0 Å². The number of nitrogens with zero attached hydrogens (tertiary/aromatic N) is 1. The van der Waals surface area contributed by atoms with Crippen LogP contribution in [0.3, 0.4) is 0 Å². The van der Waals surface area contributed by atoms with Crippen LogP contribution in [0.4, 0.5) is 16.2 Å². The van der Waals surface area contributed by atoms with E-state index >= 15 is 0 Å². The Kier molecular flexibility index (Phi) is 6.28. The lowest BCUT2D eigenvalue weighted by atomic mass is 10.1. The van der Waals surface area contributed by atoms with E-state index in [9.17, 15) is 9.59 Å². The van der Waals surface area contributed by atoms with E-state index in [1.165, 1.54) is 22.9 Å². The summed E-state index contributed by atoms with van der Waals surface area (Å²) < 4.78 is 0. The monoisotopic (exact) mass is 431 g/mol. The van der Waals surface area contributed by atoms with Gasteiger partial charge in [-0.05, 0) is 43.2 Å². The number of carbonyl (C=O) groups is 2. The average molecular weight is 432 g/mol. The first-order chi connectivity index (χ1) is 15.0. The molecule has 0 saturated heterocycles. The van der Waals surface area contributed by atoms with Gasteiger partial charge in [0, 0.05) is 17.1 Å². The lowest BCUT2D eigenvalue weighted by Crippen LogP contribution is -2.35. The van der Waals surface area contributed by atoms with E-state index in [0.717, 1.165) is 21.7 Å². The van der Waals surface area contributed by atoms with Crippen molar-refractivity contribution in [3.8, 4) is 0 Å². The zero-order valence-electron chi connectivity index (χ0n) is 17.6. The van der Waals surface area contributed by atoms with Crippen LogP contribution < -0.4 is 15.5 Å². The molecule has 0 spiro atoms. The molecule has 5 nitrogen and oxygen atoms in total. The molecule has 1 aliphatic rings. The molecule has 4 rings (SSSR count). The van der Waals surface area contributed by atoms with Crippen molar-refractivity contribution in [1.82, 2.24) is 5.32 Å². The minimum atomic E-state index is -0.277. The smallest absolute Gasteiger partial charge is 0.319 e. The number of anilines is 2. The molecule has 0 bridgehead atoms. The third-order valence-electron chi connectivity index (χ3n) is 5.19. The van der Waals surface area contributed by atoms with Gasteiger partial charge in [-0.15, -0.1) is 11.8 Å². The van der Waals surface area contributed by atoms with Crippen molar-refractivity contribution in [2.45, 2.75) is 31.8 Å². The maximum Gasteiger partial charge on any atom is 0.319 e. The Balaban J connectivity index is 1.46. The van der Waals surface area contributed by atoms with Gasteiger partial charge in [-0.2, -0.15) is 0 Å². The van der Waals surface area contributed by atoms with Gasteiger partial charge in [-0.1, -0.05) is 59.7 Å². The molecule has 158 valence electrons. The third kappa shape index (κ3) is 5.27. The topological polar surface area (TPSA) is 61.4 Å². The molecule has 3 aromatic carbocycles. The molecule has 3 amide bonds. The summed E-state index contributed by atoms with van der Waals surface area (Å²) in [5.74, 6) is 0.488. The van der Waals surface area contributed by atoms with Crippen LogP contribution in [0.15, 0.2) is 71.6 Å². The molecule has 1 heterocycles. The molecule has 0 aliphatic carbocycles. The molecule has 0 fully saturated rings. The summed E-state index contributed by atoms with van der Waals surface area (Å²) in [5, 5.41) is 5.76. The van der Waals surface area contributed by atoms with E-state index in [-0.39, 0.29) is 11.9 Å². The average Bonchev–Trinajstić information content (AvgIpc) is 2.77. The third-order valence-corrected chi connectivity index (χ3v) is 6.24. The fraction of sp³-hybridized carbons (Fsp3) is 0.200. The van der Waals surface area contributed by atoms with Gasteiger partial charge in [0.15, 0.2) is 0 Å². The predicted molar refractivity (Wildman–Crippen MR) is 127 cm³/mol. The molecular formula is C25H25N3O2S. The lowest BCUT2D eigenvalue weighted by molar-refractivity contribution is -0.116. The highest BCUT2D eigenvalue weighted by Gasteiger charge is 2.25. The van der Waals surface area contributed by atoms with Gasteiger partial charge in [0.2, 0.25) is 5.91 Å². The Labute approximate surface area is 186 Å². The van der Waals surface area contributed by atoms with Crippen LogP contribution in [0.2, 0.25) is 0 Å². The van der Waals surface area contributed by atoms with Gasteiger partial charge in [0.1, 0.15) is 0 Å². The van der Waals surface area contributed by atoms with Gasteiger partial charge in [0.25, 0.3) is 0 Å². The number of fused-ring (bicyclic) bond motifs is 1. The highest BCUT2D eigenvalue weighted by Crippen LogP contribution is 2.38. The molecule has 0 aromatic heterocycles. The molecular weight excluding hydrogens is 406 g/mol. The largest absolute Gasteiger partial charge is 0.334 e. The second-order valence-corrected chi connectivity index (χ2v) is 8.75. The quantitative estimate of drug-likeness (QED) is 0.579. The van der Waals surface area contributed by atoms with Crippen LogP contribution in [-0.4, -0.2) is 17.7 Å². The maximum absolute atomic E-state index is 12.7. The molecule has 0 radical (unpaired) electrons. The minimum absolute atomic E-state index is 0.0686. The van der Waals surface area contributed by atoms with Crippen LogP contribution in [0, 0.1) is 13.8 Å². The number of benzene rings is 3. The van der Waals surface area contributed by atoms with Crippen molar-refractivity contribution < 1.29 is 9.59 Å². The normalized spacial score (nSPS) is 13.0. The van der Waals surface area contributed by atoms with E-state index < -0.39 is 0 Å². The van der Waals surface area contributed by atoms with Gasteiger partial charge in [-0.3, -0.25) is 4.79 Å². The van der Waals surface area contributed by atoms with Gasteiger partial charge in [-0.25, -0.2) is 4.79 Å². The van der Waals surface area contributed by atoms with Crippen molar-refractivity contribution in [3.05, 3.63) is 89.0 Å². The summed E-state index contributed by atoms with van der Waals surface area (Å²) in [6, 6.07) is 21.7. The number of amides is 3. The van der Waals surface area contributed by atoms with Crippen molar-refractivity contribution in [3.63, 3.8) is 0 Å². The highest BCUT2D eigenvalue weighted by atomic mass is 32.2. The predicted octanol–water partition coefficient (Wildman–Crippen LogP) is 5.26. The van der Waals surface area contributed by atoms with Gasteiger partial charge < -0.3 is 15.5 Å². The lowest BCUT2D eigenvalue weighted by Gasteiger charge is -2.29. The Morgan fingerprint density at radius 2 is 1.58 bits per heavy atom. The van der Waals surface area contributed by atoms with Gasteiger partial charge in [0.05, 0.1) is 18.0 Å². The van der Waals surface area contributed by atoms with Crippen molar-refractivity contribution in [1.29, 1.82) is 0 Å². The zero-order chi connectivity index (χ0) is 21.8. The van der Waals surface area contributed by atoms with Crippen LogP contribution in [0.1, 0.15) is 22.3 Å². The van der Waals surface area contributed by atoms with E-state index in [1.807, 2.05) is 68.4 Å². The van der Waals surface area contributed by atoms with E-state index in [0.29, 0.717) is 24.5 Å². The van der Waals surface area contributed by atoms with Crippen LogP contribution in [-0.2, 0) is 17.9 Å². The number of rotatable bonds is 5. The molecule has 0 atom stereocenters. The molecule has 31 heavy (non-hydrogen) atoms. The number of thioether (sulfide) groups is 1. The number of urea groups is 1. The molecule has 0 saturated carbocycles. The summed E-state index contributed by atoms with van der Waals surface area (Å²) in [4.78, 5) is 27.9. The molecule has 0 unspecified atom stereocenters. The molecule has 6 heteroatoms. The summed E-state index contributed by atoms with van der Waals surface area (Å²) in [6.07, 6.45) is 0. The highest BCUT2D eigenvalue weighted by molar-refractivity contribution is 8.00. The first-order valence-electron chi connectivity index (χ1n) is 10.2. The van der Waals surface area contributed by atoms with Crippen molar-refractivity contribution >= 4 is 35.1 Å². The molecule has 1 aliphatic heterocycles. The second kappa shape index (κ2) is 9.27. The Hall–Kier alpha value is -3.25. The first kappa shape index (κ1) is 21.0. The number of aryl methyl sites for hydroxylation is 2. The zero-order valence-corrected chi connectivity index (χ0v) is 18.5. The van der Waals surface area contributed by atoms with Gasteiger partial charge >= 0.3 is 6.03 Å². The number of hydrogen-bond acceptors (Lipinski definition) is 3. The summed E-state index contributed by atoms with van der Waals surface area (Å²) in [5.41, 5.74) is 5.98. The first-order valence-corrected chi connectivity index (χ1v) is 11.2. The van der Waals surface area contributed by atoms with Crippen LogP contribution >= 0.6 is 11.8 Å². The Morgan fingerprint density at radius 1 is 0.935 bits per heavy atom. The minimum Gasteiger partial charge on any atom is -0.334 e. The number of hydrogen-bond donors (Lipinski definition) is 2. The second-order valence-electron chi connectivity index (χ2n) is 7.73. The number of nitrogens with one attached hydrogen (secondary N) is 2. The fourth-order valence-electron chi connectivity index (χ4n) is 3.39. The van der Waals surface area contributed by atoms with E-state index in [4.69, 9.17) is 0 Å². The standard InChI is InChI=1S/C25H25N3O2S/c1-17-3-7-19(8-4-17)14-26-25(30)27-21-11-12-23-22(13-21)28(24(29)16-31-23)15-20-9-5-18(2)6-10-20/h3-13H,14-16H2,1-2H3,(H2,26,27,30). The summed E-state index contributed by atoms with van der Waals surface area (Å²) in [6.45, 7) is 5.04. The SMILES string of the molecule is Cc1ccc(CNC(=O)Nc2ccc3c(c2)N(Cc2ccc(C)cc2)C(=O)CS3)cc1. The maximum atomic E-state index is 12.7. The van der Waals surface area contributed by atoms with Crippen LogP contribution in [0.25, 0.3) is 0 Å². The van der Waals surface area contributed by atoms with E-state index in [2.05, 4.69) is 22.8 Å². The fourth-order valence-corrected chi connectivity index (χ4v) is 4.31. The Morgan fingerprint density at radius 3 is 2.26 bits per heavy atom. The summed E-state index contributed by atoms with van der Waals surface area (Å²) >= 11 is 1.53. The molecule has 3 aromatic rings. The molecule has 2 N–H and O–H groups in total. The van der Waals surface area contributed by atoms with Crippen molar-refractivity contribution in [2.75, 3.05) is 16.0 Å². The Bertz CT molecular complexity index is 1090.